The van der Waals surface area contributed by atoms with Crippen LogP contribution in [0.1, 0.15) is 22.3 Å². The first-order chi connectivity index (χ1) is 24.7. The Morgan fingerprint density at radius 2 is 0.820 bits per heavy atom. The standard InChI is InChI=1S/C41H52N2O7/c1-45-23-25-47-33-49-31-39(27-35-15-7-3-8-16-35)42(29-37-19-11-5-12-20-37)41(44)43(30-38-21-13-6-14-22-38)40(28-36-17-9-4-10-18-36)32-50-34-48-26-24-46-2/h3-22,39-40H,23-34H2,1-2H3/t39-,40-/m1/s1. The van der Waals surface area contributed by atoms with E-state index in [1.54, 1.807) is 14.2 Å². The van der Waals surface area contributed by atoms with Gasteiger partial charge in [-0.3, -0.25) is 0 Å². The van der Waals surface area contributed by atoms with Crippen LogP contribution in [-0.2, 0) is 54.4 Å². The largest absolute Gasteiger partial charge is 0.382 e. The van der Waals surface area contributed by atoms with Crippen molar-refractivity contribution >= 4 is 6.03 Å². The van der Waals surface area contributed by atoms with Crippen LogP contribution < -0.4 is 0 Å². The fourth-order valence-electron chi connectivity index (χ4n) is 5.61. The lowest BCUT2D eigenvalue weighted by molar-refractivity contribution is -0.0831. The highest BCUT2D eigenvalue weighted by Gasteiger charge is 2.33. The Labute approximate surface area is 297 Å². The van der Waals surface area contributed by atoms with E-state index in [4.69, 9.17) is 28.4 Å². The summed E-state index contributed by atoms with van der Waals surface area (Å²) >= 11 is 0. The summed E-state index contributed by atoms with van der Waals surface area (Å²) in [5.74, 6) is 0. The van der Waals surface area contributed by atoms with Crippen LogP contribution in [-0.4, -0.2) is 95.4 Å². The molecule has 9 nitrogen and oxygen atoms in total. The highest BCUT2D eigenvalue weighted by Crippen LogP contribution is 2.22. The van der Waals surface area contributed by atoms with Gasteiger partial charge in [0.25, 0.3) is 0 Å². The molecule has 0 saturated carbocycles. The van der Waals surface area contributed by atoms with Gasteiger partial charge in [0.2, 0.25) is 0 Å². The molecule has 0 fully saturated rings. The van der Waals surface area contributed by atoms with Crippen molar-refractivity contribution in [3.05, 3.63) is 144 Å². The molecule has 0 N–H and O–H groups in total. The number of nitrogens with zero attached hydrogens (tertiary/aromatic N) is 2. The third-order valence-electron chi connectivity index (χ3n) is 8.21. The molecule has 2 atom stereocenters. The molecule has 50 heavy (non-hydrogen) atoms. The van der Waals surface area contributed by atoms with E-state index in [9.17, 15) is 0 Å². The van der Waals surface area contributed by atoms with Gasteiger partial charge in [0.15, 0.2) is 0 Å². The summed E-state index contributed by atoms with van der Waals surface area (Å²) in [6.45, 7) is 3.37. The zero-order valence-corrected chi connectivity index (χ0v) is 29.4. The number of carbonyl (C=O) groups excluding carboxylic acids is 1. The molecule has 0 aliphatic carbocycles. The molecule has 2 amide bonds. The first-order valence-electron chi connectivity index (χ1n) is 17.2. The van der Waals surface area contributed by atoms with Crippen molar-refractivity contribution in [3.8, 4) is 0 Å². The first-order valence-corrected chi connectivity index (χ1v) is 17.2. The Kier molecular flexibility index (Phi) is 18.1. The van der Waals surface area contributed by atoms with Crippen LogP contribution >= 0.6 is 0 Å². The van der Waals surface area contributed by atoms with Crippen molar-refractivity contribution in [3.63, 3.8) is 0 Å². The second kappa shape index (κ2) is 23.3. The second-order valence-corrected chi connectivity index (χ2v) is 12.0. The van der Waals surface area contributed by atoms with Gasteiger partial charge in [-0.05, 0) is 35.1 Å². The van der Waals surface area contributed by atoms with Crippen LogP contribution in [0.3, 0.4) is 0 Å². The van der Waals surface area contributed by atoms with Crippen LogP contribution in [0.2, 0.25) is 0 Å². The van der Waals surface area contributed by atoms with Crippen LogP contribution in [0.4, 0.5) is 4.79 Å². The molecule has 268 valence electrons. The fourth-order valence-corrected chi connectivity index (χ4v) is 5.61. The van der Waals surface area contributed by atoms with Crippen LogP contribution in [0, 0.1) is 0 Å². The molecule has 0 heterocycles. The lowest BCUT2D eigenvalue weighted by atomic mass is 10.0. The minimum absolute atomic E-state index is 0.100. The number of methoxy groups -OCH3 is 2. The maximum absolute atomic E-state index is 15.3. The molecule has 4 aromatic rings. The summed E-state index contributed by atoms with van der Waals surface area (Å²) in [5.41, 5.74) is 4.27. The van der Waals surface area contributed by atoms with E-state index in [1.807, 2.05) is 82.6 Å². The van der Waals surface area contributed by atoms with Crippen LogP contribution in [0.5, 0.6) is 0 Å². The Morgan fingerprint density at radius 1 is 0.480 bits per heavy atom. The van der Waals surface area contributed by atoms with Crippen molar-refractivity contribution in [2.75, 3.05) is 67.4 Å². The SMILES string of the molecule is COCCOCOC[C@@H](Cc1ccccc1)N(Cc1ccccc1)C(=O)N(Cc1ccccc1)[C@@H](COCOCCOC)Cc1ccccc1. The lowest BCUT2D eigenvalue weighted by Crippen LogP contribution is -2.54. The minimum Gasteiger partial charge on any atom is -0.382 e. The minimum atomic E-state index is -0.301. The molecule has 0 bridgehead atoms. The quantitative estimate of drug-likeness (QED) is 0.0608. The van der Waals surface area contributed by atoms with E-state index in [0.717, 1.165) is 22.3 Å². The van der Waals surface area contributed by atoms with Gasteiger partial charge in [0, 0.05) is 27.3 Å². The average molecular weight is 685 g/mol. The van der Waals surface area contributed by atoms with Gasteiger partial charge in [0.05, 0.1) is 51.7 Å². The predicted octanol–water partition coefficient (Wildman–Crippen LogP) is 6.61. The maximum atomic E-state index is 15.3. The number of benzene rings is 4. The Bertz CT molecular complexity index is 1320. The number of ether oxygens (including phenoxy) is 6. The van der Waals surface area contributed by atoms with Crippen LogP contribution in [0.25, 0.3) is 0 Å². The van der Waals surface area contributed by atoms with Crippen molar-refractivity contribution < 1.29 is 33.2 Å². The molecular formula is C41H52N2O7. The summed E-state index contributed by atoms with van der Waals surface area (Å²) in [4.78, 5) is 19.2. The number of amides is 2. The van der Waals surface area contributed by atoms with E-state index >= 15 is 4.79 Å². The highest BCUT2D eigenvalue weighted by atomic mass is 16.7. The van der Waals surface area contributed by atoms with Crippen molar-refractivity contribution in [1.82, 2.24) is 9.80 Å². The number of rotatable bonds is 24. The number of carbonyl (C=O) groups is 1. The smallest absolute Gasteiger partial charge is 0.321 e. The van der Waals surface area contributed by atoms with Crippen molar-refractivity contribution in [2.24, 2.45) is 0 Å². The van der Waals surface area contributed by atoms with Crippen molar-refractivity contribution in [1.29, 1.82) is 0 Å². The maximum Gasteiger partial charge on any atom is 0.321 e. The Balaban J connectivity index is 1.70. The van der Waals surface area contributed by atoms with E-state index in [-0.39, 0.29) is 44.9 Å². The molecule has 0 aromatic heterocycles. The van der Waals surface area contributed by atoms with Crippen molar-refractivity contribution in [2.45, 2.75) is 38.0 Å². The molecule has 0 aliphatic heterocycles. The second-order valence-electron chi connectivity index (χ2n) is 12.0. The molecule has 4 aromatic carbocycles. The topological polar surface area (TPSA) is 78.9 Å². The molecule has 0 saturated heterocycles. The summed E-state index contributed by atoms with van der Waals surface area (Å²) in [6, 6.07) is 39.9. The third-order valence-corrected chi connectivity index (χ3v) is 8.21. The van der Waals surface area contributed by atoms with E-state index < -0.39 is 0 Å². The van der Waals surface area contributed by atoms with Gasteiger partial charge < -0.3 is 38.2 Å². The Morgan fingerprint density at radius 3 is 1.16 bits per heavy atom. The highest BCUT2D eigenvalue weighted by molar-refractivity contribution is 5.75. The molecule has 0 aliphatic rings. The molecular weight excluding hydrogens is 632 g/mol. The molecule has 4 rings (SSSR count). The molecule has 0 spiro atoms. The molecule has 9 heteroatoms. The van der Waals surface area contributed by atoms with Gasteiger partial charge in [-0.25, -0.2) is 4.79 Å². The van der Waals surface area contributed by atoms with E-state index in [0.29, 0.717) is 52.4 Å². The number of hydrogen-bond acceptors (Lipinski definition) is 7. The van der Waals surface area contributed by atoms with E-state index in [1.165, 1.54) is 0 Å². The van der Waals surface area contributed by atoms with Crippen LogP contribution in [0.15, 0.2) is 121 Å². The zero-order chi connectivity index (χ0) is 35.1. The first kappa shape index (κ1) is 38.7. The van der Waals surface area contributed by atoms with E-state index in [2.05, 4.69) is 48.5 Å². The molecule has 0 unspecified atom stereocenters. The number of hydrogen-bond donors (Lipinski definition) is 0. The summed E-state index contributed by atoms with van der Waals surface area (Å²) < 4.78 is 33.7. The fraction of sp³-hybridized carbons (Fsp3) is 0.390. The third kappa shape index (κ3) is 14.0. The summed E-state index contributed by atoms with van der Waals surface area (Å²) in [5, 5.41) is 0. The zero-order valence-electron chi connectivity index (χ0n) is 29.4. The normalized spacial score (nSPS) is 12.4. The average Bonchev–Trinajstić information content (AvgIpc) is 3.16. The molecule has 0 radical (unpaired) electrons. The van der Waals surface area contributed by atoms with Gasteiger partial charge in [-0.1, -0.05) is 121 Å². The monoisotopic (exact) mass is 684 g/mol. The van der Waals surface area contributed by atoms with Gasteiger partial charge in [-0.2, -0.15) is 0 Å². The van der Waals surface area contributed by atoms with Gasteiger partial charge >= 0.3 is 6.03 Å². The van der Waals surface area contributed by atoms with Gasteiger partial charge in [0.1, 0.15) is 13.6 Å². The Hall–Kier alpha value is -4.09. The predicted molar refractivity (Wildman–Crippen MR) is 195 cm³/mol. The summed E-state index contributed by atoms with van der Waals surface area (Å²) in [7, 11) is 3.28. The lowest BCUT2D eigenvalue weighted by Gasteiger charge is -2.40. The summed E-state index contributed by atoms with van der Waals surface area (Å²) in [6.07, 6.45) is 1.20. The van der Waals surface area contributed by atoms with Gasteiger partial charge in [-0.15, -0.1) is 0 Å². The number of urea groups is 1.